The van der Waals surface area contributed by atoms with Crippen LogP contribution in [0.1, 0.15) is 40.9 Å². The molecule has 0 bridgehead atoms. The highest BCUT2D eigenvalue weighted by atomic mass is 32.2. The first kappa shape index (κ1) is 14.7. The maximum absolute atomic E-state index is 11.3. The maximum Gasteiger partial charge on any atom is 0.346 e. The second-order valence-electron chi connectivity index (χ2n) is 5.23. The number of fused-ring (bicyclic) bond motifs is 1. The second kappa shape index (κ2) is 5.90. The van der Waals surface area contributed by atoms with Crippen molar-refractivity contribution in [2.75, 3.05) is 0 Å². The van der Waals surface area contributed by atoms with Crippen LogP contribution < -0.4 is 0 Å². The SMILES string of the molecule is Cc1c(C(=O)O)sc2ncnc(SC3CCCCC3O)c12. The molecule has 3 rings (SSSR count). The Bertz CT molecular complexity index is 686. The van der Waals surface area contributed by atoms with Gasteiger partial charge in [0.15, 0.2) is 0 Å². The van der Waals surface area contributed by atoms with E-state index in [0.717, 1.165) is 41.7 Å². The molecular formula is C14H16N2O3S2. The van der Waals surface area contributed by atoms with Crippen LogP contribution in [0.2, 0.25) is 0 Å². The van der Waals surface area contributed by atoms with Crippen molar-refractivity contribution < 1.29 is 15.0 Å². The monoisotopic (exact) mass is 324 g/mol. The van der Waals surface area contributed by atoms with E-state index in [4.69, 9.17) is 0 Å². The summed E-state index contributed by atoms with van der Waals surface area (Å²) in [5.41, 5.74) is 0.718. The van der Waals surface area contributed by atoms with E-state index in [2.05, 4.69) is 9.97 Å². The smallest absolute Gasteiger partial charge is 0.346 e. The number of thioether (sulfide) groups is 1. The van der Waals surface area contributed by atoms with Crippen molar-refractivity contribution in [3.05, 3.63) is 16.8 Å². The fourth-order valence-electron chi connectivity index (χ4n) is 2.69. The van der Waals surface area contributed by atoms with Gasteiger partial charge in [0.1, 0.15) is 21.1 Å². The van der Waals surface area contributed by atoms with Crippen molar-refractivity contribution in [1.29, 1.82) is 0 Å². The molecule has 2 aromatic heterocycles. The van der Waals surface area contributed by atoms with Crippen LogP contribution in [-0.2, 0) is 0 Å². The van der Waals surface area contributed by atoms with Crippen LogP contribution in [0.3, 0.4) is 0 Å². The Morgan fingerprint density at radius 1 is 1.38 bits per heavy atom. The van der Waals surface area contributed by atoms with E-state index < -0.39 is 5.97 Å². The van der Waals surface area contributed by atoms with Gasteiger partial charge in [0.25, 0.3) is 0 Å². The average Bonchev–Trinajstić information content (AvgIpc) is 2.80. The average molecular weight is 324 g/mol. The topological polar surface area (TPSA) is 83.3 Å². The number of carboxylic acids is 1. The molecule has 2 N–H and O–H groups in total. The van der Waals surface area contributed by atoms with Crippen LogP contribution in [0.25, 0.3) is 10.2 Å². The van der Waals surface area contributed by atoms with Gasteiger partial charge in [-0.05, 0) is 25.3 Å². The Morgan fingerprint density at radius 3 is 2.86 bits per heavy atom. The van der Waals surface area contributed by atoms with Crippen molar-refractivity contribution in [3.8, 4) is 0 Å². The van der Waals surface area contributed by atoms with Gasteiger partial charge in [-0.15, -0.1) is 11.3 Å². The van der Waals surface area contributed by atoms with Gasteiger partial charge in [0.05, 0.1) is 6.10 Å². The summed E-state index contributed by atoms with van der Waals surface area (Å²) in [5, 5.41) is 21.1. The van der Waals surface area contributed by atoms with Crippen LogP contribution in [0.4, 0.5) is 0 Å². The Kier molecular flexibility index (Phi) is 4.14. The lowest BCUT2D eigenvalue weighted by Crippen LogP contribution is -2.26. The molecular weight excluding hydrogens is 308 g/mol. The second-order valence-corrected chi connectivity index (χ2v) is 7.46. The number of aliphatic hydroxyl groups is 1. The van der Waals surface area contributed by atoms with Crippen molar-refractivity contribution in [2.24, 2.45) is 0 Å². The first-order chi connectivity index (χ1) is 10.1. The Labute approximate surface area is 130 Å². The standard InChI is InChI=1S/C14H16N2O3S2/c1-7-10-12(20-9-5-3-2-4-8(9)17)15-6-16-13(10)21-11(7)14(18)19/h6,8-9,17H,2-5H2,1H3,(H,18,19). The van der Waals surface area contributed by atoms with Gasteiger partial charge < -0.3 is 10.2 Å². The lowest BCUT2D eigenvalue weighted by Gasteiger charge is -2.26. The number of aromatic nitrogens is 2. The zero-order valence-electron chi connectivity index (χ0n) is 11.6. The zero-order chi connectivity index (χ0) is 15.0. The fourth-order valence-corrected chi connectivity index (χ4v) is 5.08. The lowest BCUT2D eigenvalue weighted by atomic mass is 9.97. The number of aliphatic hydroxyl groups excluding tert-OH is 1. The van der Waals surface area contributed by atoms with E-state index in [-0.39, 0.29) is 11.4 Å². The summed E-state index contributed by atoms with van der Waals surface area (Å²) >= 11 is 2.74. The quantitative estimate of drug-likeness (QED) is 0.844. The van der Waals surface area contributed by atoms with Crippen molar-refractivity contribution in [2.45, 2.75) is 49.0 Å². The highest BCUT2D eigenvalue weighted by Crippen LogP contribution is 2.39. The Balaban J connectivity index is 2.00. The third-order valence-corrected chi connectivity index (χ3v) is 6.39. The molecule has 5 nitrogen and oxygen atoms in total. The van der Waals surface area contributed by atoms with Crippen LogP contribution in [0.15, 0.2) is 11.4 Å². The minimum Gasteiger partial charge on any atom is -0.477 e. The number of aromatic carboxylic acids is 1. The molecule has 7 heteroatoms. The predicted molar refractivity (Wildman–Crippen MR) is 83.2 cm³/mol. The summed E-state index contributed by atoms with van der Waals surface area (Å²) in [6.45, 7) is 1.80. The highest BCUT2D eigenvalue weighted by molar-refractivity contribution is 8.00. The molecule has 0 amide bonds. The van der Waals surface area contributed by atoms with Gasteiger partial charge >= 0.3 is 5.97 Å². The van der Waals surface area contributed by atoms with Crippen molar-refractivity contribution >= 4 is 39.3 Å². The molecule has 0 radical (unpaired) electrons. The number of carboxylic acid groups (broad SMARTS) is 1. The number of aryl methyl sites for hydroxylation is 1. The summed E-state index contributed by atoms with van der Waals surface area (Å²) in [6.07, 6.45) is 5.14. The fraction of sp³-hybridized carbons (Fsp3) is 0.500. The van der Waals surface area contributed by atoms with E-state index in [9.17, 15) is 15.0 Å². The molecule has 2 unspecified atom stereocenters. The van der Waals surface area contributed by atoms with Crippen molar-refractivity contribution in [3.63, 3.8) is 0 Å². The molecule has 1 saturated carbocycles. The number of hydrogen-bond donors (Lipinski definition) is 2. The van der Waals surface area contributed by atoms with Crippen LogP contribution in [-0.4, -0.2) is 37.5 Å². The first-order valence-corrected chi connectivity index (χ1v) is 8.59. The van der Waals surface area contributed by atoms with E-state index in [1.54, 1.807) is 18.7 Å². The Morgan fingerprint density at radius 2 is 2.14 bits per heavy atom. The van der Waals surface area contributed by atoms with E-state index >= 15 is 0 Å². The molecule has 1 fully saturated rings. The van der Waals surface area contributed by atoms with Gasteiger partial charge in [0, 0.05) is 10.6 Å². The molecule has 2 atom stereocenters. The van der Waals surface area contributed by atoms with E-state index in [0.29, 0.717) is 9.71 Å². The molecule has 112 valence electrons. The van der Waals surface area contributed by atoms with Gasteiger partial charge in [-0.1, -0.05) is 24.6 Å². The van der Waals surface area contributed by atoms with Crippen LogP contribution in [0, 0.1) is 6.92 Å². The summed E-state index contributed by atoms with van der Waals surface area (Å²) < 4.78 is 0. The van der Waals surface area contributed by atoms with E-state index in [1.165, 1.54) is 17.7 Å². The summed E-state index contributed by atoms with van der Waals surface area (Å²) in [4.78, 5) is 20.8. The minimum absolute atomic E-state index is 0.129. The van der Waals surface area contributed by atoms with Crippen molar-refractivity contribution in [1.82, 2.24) is 9.97 Å². The molecule has 0 aliphatic heterocycles. The van der Waals surface area contributed by atoms with E-state index in [1.807, 2.05) is 0 Å². The molecule has 2 heterocycles. The molecule has 0 spiro atoms. The third kappa shape index (κ3) is 2.77. The minimum atomic E-state index is -0.927. The third-order valence-electron chi connectivity index (χ3n) is 3.82. The maximum atomic E-state index is 11.3. The molecule has 2 aromatic rings. The zero-order valence-corrected chi connectivity index (χ0v) is 13.2. The number of rotatable bonds is 3. The number of hydrogen-bond acceptors (Lipinski definition) is 6. The largest absolute Gasteiger partial charge is 0.477 e. The normalized spacial score (nSPS) is 22.6. The van der Waals surface area contributed by atoms with Crippen LogP contribution in [0.5, 0.6) is 0 Å². The molecule has 0 saturated heterocycles. The van der Waals surface area contributed by atoms with Crippen LogP contribution >= 0.6 is 23.1 Å². The Hall–Kier alpha value is -1.18. The van der Waals surface area contributed by atoms with Gasteiger partial charge in [0.2, 0.25) is 0 Å². The van der Waals surface area contributed by atoms with Gasteiger partial charge in [-0.25, -0.2) is 14.8 Å². The molecule has 1 aliphatic carbocycles. The summed E-state index contributed by atoms with van der Waals surface area (Å²) in [6, 6.07) is 0. The summed E-state index contributed by atoms with van der Waals surface area (Å²) in [5.74, 6) is -0.927. The number of carbonyl (C=O) groups is 1. The first-order valence-electron chi connectivity index (χ1n) is 6.90. The number of thiophene rings is 1. The van der Waals surface area contributed by atoms with Gasteiger partial charge in [-0.2, -0.15) is 0 Å². The highest BCUT2D eigenvalue weighted by Gasteiger charge is 2.26. The predicted octanol–water partition coefficient (Wildman–Crippen LogP) is 3.09. The summed E-state index contributed by atoms with van der Waals surface area (Å²) in [7, 11) is 0. The molecule has 21 heavy (non-hydrogen) atoms. The molecule has 1 aliphatic rings. The number of nitrogens with zero attached hydrogens (tertiary/aromatic N) is 2. The lowest BCUT2D eigenvalue weighted by molar-refractivity contribution is 0.0701. The molecule has 0 aromatic carbocycles. The van der Waals surface area contributed by atoms with Gasteiger partial charge in [-0.3, -0.25) is 0 Å².